The largest absolute Gasteiger partial charge is 0.442 e. The van der Waals surface area contributed by atoms with Gasteiger partial charge in [-0.3, -0.25) is 9.59 Å². The maximum absolute atomic E-state index is 12.0. The fraction of sp³-hybridized carbons (Fsp3) is 0.350. The van der Waals surface area contributed by atoms with Crippen LogP contribution >= 0.6 is 0 Å². The van der Waals surface area contributed by atoms with Gasteiger partial charge in [0.2, 0.25) is 5.91 Å². The zero-order chi connectivity index (χ0) is 20.0. The molecule has 7 nitrogen and oxygen atoms in total. The molecule has 0 unspecified atom stereocenters. The van der Waals surface area contributed by atoms with Gasteiger partial charge in [0.25, 0.3) is 0 Å². The number of carbonyl (C=O) groups excluding carboxylic acids is 2. The molecular formula is C20H26N4O3. The van der Waals surface area contributed by atoms with Crippen LogP contribution in [0.15, 0.2) is 42.7 Å². The van der Waals surface area contributed by atoms with Crippen molar-refractivity contribution in [3.8, 4) is 0 Å². The smallest absolute Gasteiger partial charge is 0.313 e. The Kier molecular flexibility index (Phi) is 6.39. The summed E-state index contributed by atoms with van der Waals surface area (Å²) >= 11 is 0. The molecule has 1 heterocycles. The topological polar surface area (TPSA) is 76.5 Å². The highest BCUT2D eigenvalue weighted by atomic mass is 16.5. The quantitative estimate of drug-likeness (QED) is 0.624. The van der Waals surface area contributed by atoms with Crippen LogP contribution in [0.3, 0.4) is 0 Å². The summed E-state index contributed by atoms with van der Waals surface area (Å²) in [5.74, 6) is -0.579. The highest BCUT2D eigenvalue weighted by Gasteiger charge is 2.23. The van der Waals surface area contributed by atoms with Crippen molar-refractivity contribution in [1.82, 2.24) is 9.78 Å². The van der Waals surface area contributed by atoms with E-state index in [4.69, 9.17) is 4.74 Å². The predicted molar refractivity (Wildman–Crippen MR) is 106 cm³/mol. The third kappa shape index (κ3) is 6.29. The minimum Gasteiger partial charge on any atom is -0.442 e. The van der Waals surface area contributed by atoms with Gasteiger partial charge in [-0.25, -0.2) is 4.68 Å². The number of esters is 1. The van der Waals surface area contributed by atoms with Crippen LogP contribution in [-0.2, 0) is 21.1 Å². The van der Waals surface area contributed by atoms with Gasteiger partial charge in [0.1, 0.15) is 0 Å². The Morgan fingerprint density at radius 3 is 2.48 bits per heavy atom. The van der Waals surface area contributed by atoms with E-state index in [9.17, 15) is 9.59 Å². The molecule has 144 valence electrons. The van der Waals surface area contributed by atoms with Crippen molar-refractivity contribution in [3.63, 3.8) is 0 Å². The van der Waals surface area contributed by atoms with E-state index in [2.05, 4.69) is 10.4 Å². The van der Waals surface area contributed by atoms with Gasteiger partial charge < -0.3 is 15.0 Å². The first kappa shape index (κ1) is 20.2. The fourth-order valence-corrected chi connectivity index (χ4v) is 2.08. The number of ether oxygens (including phenoxy) is 1. The number of benzene rings is 1. The van der Waals surface area contributed by atoms with Crippen LogP contribution in [0.5, 0.6) is 0 Å². The molecule has 27 heavy (non-hydrogen) atoms. The number of anilines is 2. The standard InChI is InChI=1S/C20H26N4O3/c1-20(2,3)19(26)27-14-24-13-16(12-21-24)22-18(25)11-8-15-6-9-17(10-7-15)23(4)5/h6-13H,14H2,1-5H3,(H,22,25)/b11-8+. The number of hydrogen-bond acceptors (Lipinski definition) is 5. The van der Waals surface area contributed by atoms with Gasteiger partial charge in [0.05, 0.1) is 23.5 Å². The average molecular weight is 370 g/mol. The lowest BCUT2D eigenvalue weighted by Gasteiger charge is -2.16. The third-order valence-electron chi connectivity index (χ3n) is 3.68. The molecule has 0 bridgehead atoms. The van der Waals surface area contributed by atoms with Crippen molar-refractivity contribution < 1.29 is 14.3 Å². The lowest BCUT2D eigenvalue weighted by Crippen LogP contribution is -2.24. The molecule has 0 fully saturated rings. The summed E-state index contributed by atoms with van der Waals surface area (Å²) in [4.78, 5) is 25.8. The van der Waals surface area contributed by atoms with Crippen LogP contribution < -0.4 is 10.2 Å². The Morgan fingerprint density at radius 2 is 1.89 bits per heavy atom. The van der Waals surface area contributed by atoms with E-state index in [-0.39, 0.29) is 18.6 Å². The number of hydrogen-bond donors (Lipinski definition) is 1. The lowest BCUT2D eigenvalue weighted by molar-refractivity contribution is -0.157. The molecule has 0 spiro atoms. The lowest BCUT2D eigenvalue weighted by atomic mass is 9.98. The van der Waals surface area contributed by atoms with Gasteiger partial charge in [-0.15, -0.1) is 0 Å². The van der Waals surface area contributed by atoms with E-state index in [1.54, 1.807) is 33.0 Å². The molecule has 0 saturated carbocycles. The van der Waals surface area contributed by atoms with Crippen LogP contribution in [-0.4, -0.2) is 35.8 Å². The first-order valence-corrected chi connectivity index (χ1v) is 8.61. The first-order valence-electron chi connectivity index (χ1n) is 8.61. The summed E-state index contributed by atoms with van der Waals surface area (Å²) in [7, 11) is 3.95. The van der Waals surface area contributed by atoms with Gasteiger partial charge in [0, 0.05) is 25.9 Å². The zero-order valence-electron chi connectivity index (χ0n) is 16.4. The third-order valence-corrected chi connectivity index (χ3v) is 3.68. The Balaban J connectivity index is 1.87. The molecule has 1 N–H and O–H groups in total. The number of amides is 1. The van der Waals surface area contributed by atoms with Gasteiger partial charge >= 0.3 is 5.97 Å². The summed E-state index contributed by atoms with van der Waals surface area (Å²) in [5.41, 5.74) is 1.98. The van der Waals surface area contributed by atoms with Gasteiger partial charge in [-0.2, -0.15) is 5.10 Å². The van der Waals surface area contributed by atoms with Crippen LogP contribution in [0, 0.1) is 5.41 Å². The predicted octanol–water partition coefficient (Wildman–Crippen LogP) is 3.15. The SMILES string of the molecule is CN(C)c1ccc(/C=C/C(=O)Nc2cnn(COC(=O)C(C)(C)C)c2)cc1. The van der Waals surface area contributed by atoms with Crippen LogP contribution in [0.2, 0.25) is 0 Å². The molecule has 2 rings (SSSR count). The summed E-state index contributed by atoms with van der Waals surface area (Å²) < 4.78 is 6.62. The van der Waals surface area contributed by atoms with Crippen molar-refractivity contribution in [2.75, 3.05) is 24.3 Å². The van der Waals surface area contributed by atoms with Crippen LogP contribution in [0.4, 0.5) is 11.4 Å². The second kappa shape index (κ2) is 8.53. The molecule has 1 amide bonds. The van der Waals surface area contributed by atoms with E-state index in [1.807, 2.05) is 43.3 Å². The Morgan fingerprint density at radius 1 is 1.22 bits per heavy atom. The highest BCUT2D eigenvalue weighted by molar-refractivity contribution is 6.01. The molecule has 0 radical (unpaired) electrons. The molecular weight excluding hydrogens is 344 g/mol. The van der Waals surface area contributed by atoms with E-state index in [0.29, 0.717) is 5.69 Å². The fourth-order valence-electron chi connectivity index (χ4n) is 2.08. The van der Waals surface area contributed by atoms with E-state index < -0.39 is 5.41 Å². The molecule has 2 aromatic rings. The molecule has 7 heteroatoms. The minimum absolute atomic E-state index is 0.0000364. The first-order chi connectivity index (χ1) is 12.6. The van der Waals surface area contributed by atoms with E-state index in [1.165, 1.54) is 17.0 Å². The zero-order valence-corrected chi connectivity index (χ0v) is 16.4. The Bertz CT molecular complexity index is 814. The average Bonchev–Trinajstić information content (AvgIpc) is 3.04. The van der Waals surface area contributed by atoms with Crippen molar-refractivity contribution in [2.45, 2.75) is 27.5 Å². The number of carbonyl (C=O) groups is 2. The van der Waals surface area contributed by atoms with Crippen molar-refractivity contribution in [1.29, 1.82) is 0 Å². The van der Waals surface area contributed by atoms with Gasteiger partial charge in [-0.05, 0) is 44.5 Å². The summed E-state index contributed by atoms with van der Waals surface area (Å²) in [6.07, 6.45) is 6.31. The number of rotatable bonds is 6. The summed E-state index contributed by atoms with van der Waals surface area (Å²) in [6.45, 7) is 5.35. The maximum atomic E-state index is 12.0. The second-order valence-corrected chi connectivity index (χ2v) is 7.39. The molecule has 1 aromatic heterocycles. The van der Waals surface area contributed by atoms with Gasteiger partial charge in [0.15, 0.2) is 6.73 Å². The molecule has 0 aliphatic heterocycles. The molecule has 0 aliphatic carbocycles. The molecule has 0 atom stereocenters. The highest BCUT2D eigenvalue weighted by Crippen LogP contribution is 2.16. The normalized spacial score (nSPS) is 11.4. The summed E-state index contributed by atoms with van der Waals surface area (Å²) in [6, 6.07) is 7.86. The summed E-state index contributed by atoms with van der Waals surface area (Å²) in [5, 5.41) is 6.79. The van der Waals surface area contributed by atoms with Crippen molar-refractivity contribution >= 4 is 29.3 Å². The monoisotopic (exact) mass is 370 g/mol. The van der Waals surface area contributed by atoms with Crippen LogP contribution in [0.1, 0.15) is 26.3 Å². The molecule has 0 saturated heterocycles. The minimum atomic E-state index is -0.570. The number of aromatic nitrogens is 2. The maximum Gasteiger partial charge on any atom is 0.313 e. The Labute approximate surface area is 159 Å². The number of nitrogens with zero attached hydrogens (tertiary/aromatic N) is 3. The molecule has 1 aromatic carbocycles. The Hall–Kier alpha value is -3.09. The van der Waals surface area contributed by atoms with Gasteiger partial charge in [-0.1, -0.05) is 12.1 Å². The van der Waals surface area contributed by atoms with Crippen LogP contribution in [0.25, 0.3) is 6.08 Å². The van der Waals surface area contributed by atoms with Crippen molar-refractivity contribution in [2.24, 2.45) is 5.41 Å². The van der Waals surface area contributed by atoms with Crippen molar-refractivity contribution in [3.05, 3.63) is 48.3 Å². The van der Waals surface area contributed by atoms with E-state index in [0.717, 1.165) is 11.3 Å². The number of nitrogens with one attached hydrogen (secondary N) is 1. The second-order valence-electron chi connectivity index (χ2n) is 7.39. The van der Waals surface area contributed by atoms with E-state index >= 15 is 0 Å². The molecule has 0 aliphatic rings.